The third kappa shape index (κ3) is 2.16. The van der Waals surface area contributed by atoms with E-state index in [4.69, 9.17) is 4.74 Å². The van der Waals surface area contributed by atoms with Crippen molar-refractivity contribution in [3.63, 3.8) is 0 Å². The Morgan fingerprint density at radius 2 is 2.17 bits per heavy atom. The van der Waals surface area contributed by atoms with Crippen LogP contribution in [-0.2, 0) is 24.5 Å². The largest absolute Gasteiger partial charge is 0.466 e. The summed E-state index contributed by atoms with van der Waals surface area (Å²) in [5.41, 5.74) is 0.261. The first-order valence-corrected chi connectivity index (χ1v) is 8.18. The average molecular weight is 378 g/mol. The maximum Gasteiger partial charge on any atom is 0.311 e. The van der Waals surface area contributed by atoms with Crippen LogP contribution in [0.2, 0.25) is 0 Å². The number of carbonyl (C=O) groups is 3. The number of benzene rings is 1. The standard InChI is InChI=1S/C17H16BrNO4/c1-3-23-15(21)11-9-10(20)7-8-17(11)14-12(18)5-4-6-13(14)19(2)16(17)22/h4-8,11H,3,9H2,1-2H3/t11?,17-/m0/s1. The zero-order chi connectivity index (χ0) is 16.8. The lowest BCUT2D eigenvalue weighted by Gasteiger charge is -2.34. The molecular formula is C17H16BrNO4. The van der Waals surface area contributed by atoms with Gasteiger partial charge in [-0.15, -0.1) is 0 Å². The van der Waals surface area contributed by atoms with E-state index >= 15 is 0 Å². The van der Waals surface area contributed by atoms with Crippen molar-refractivity contribution in [2.24, 2.45) is 5.92 Å². The van der Waals surface area contributed by atoms with Crippen LogP contribution in [0, 0.1) is 5.92 Å². The van der Waals surface area contributed by atoms with Gasteiger partial charge >= 0.3 is 5.97 Å². The molecule has 3 rings (SSSR count). The fourth-order valence-corrected chi connectivity index (χ4v) is 4.14. The topological polar surface area (TPSA) is 63.7 Å². The minimum Gasteiger partial charge on any atom is -0.466 e. The highest BCUT2D eigenvalue weighted by Gasteiger charge is 2.58. The summed E-state index contributed by atoms with van der Waals surface area (Å²) in [4.78, 5) is 38.9. The van der Waals surface area contributed by atoms with E-state index < -0.39 is 17.3 Å². The highest BCUT2D eigenvalue weighted by atomic mass is 79.9. The Kier molecular flexibility index (Phi) is 3.88. The molecule has 1 heterocycles. The van der Waals surface area contributed by atoms with Gasteiger partial charge in [-0.25, -0.2) is 0 Å². The Bertz CT molecular complexity index is 742. The number of rotatable bonds is 2. The predicted molar refractivity (Wildman–Crippen MR) is 88.1 cm³/mol. The highest BCUT2D eigenvalue weighted by molar-refractivity contribution is 9.10. The first-order chi connectivity index (χ1) is 10.9. The van der Waals surface area contributed by atoms with Crippen molar-refractivity contribution < 1.29 is 19.1 Å². The number of esters is 1. The number of amides is 1. The van der Waals surface area contributed by atoms with Crippen LogP contribution in [0.3, 0.4) is 0 Å². The molecule has 6 heteroatoms. The average Bonchev–Trinajstić information content (AvgIpc) is 2.74. The zero-order valence-electron chi connectivity index (χ0n) is 12.8. The van der Waals surface area contributed by atoms with E-state index in [2.05, 4.69) is 15.9 Å². The lowest BCUT2D eigenvalue weighted by Crippen LogP contribution is -2.49. The van der Waals surface area contributed by atoms with Crippen LogP contribution in [-0.4, -0.2) is 31.3 Å². The van der Waals surface area contributed by atoms with Crippen LogP contribution >= 0.6 is 15.9 Å². The summed E-state index contributed by atoms with van der Waals surface area (Å²) in [7, 11) is 1.68. The van der Waals surface area contributed by atoms with Gasteiger partial charge in [-0.3, -0.25) is 14.4 Å². The van der Waals surface area contributed by atoms with Crippen LogP contribution in [0.15, 0.2) is 34.8 Å². The van der Waals surface area contributed by atoms with Crippen molar-refractivity contribution in [2.75, 3.05) is 18.6 Å². The molecule has 1 aliphatic carbocycles. The lowest BCUT2D eigenvalue weighted by atomic mass is 9.66. The van der Waals surface area contributed by atoms with Gasteiger partial charge in [0.15, 0.2) is 5.78 Å². The predicted octanol–water partition coefficient (Wildman–Crippen LogP) is 2.37. The number of carbonyl (C=O) groups excluding carboxylic acids is 3. The monoisotopic (exact) mass is 377 g/mol. The number of halogens is 1. The van der Waals surface area contributed by atoms with Crippen LogP contribution in [0.4, 0.5) is 5.69 Å². The molecule has 1 unspecified atom stereocenters. The Morgan fingerprint density at radius 1 is 1.43 bits per heavy atom. The number of fused-ring (bicyclic) bond motifs is 2. The molecule has 0 aromatic heterocycles. The maximum absolute atomic E-state index is 13.1. The molecule has 1 spiro atoms. The molecule has 0 saturated heterocycles. The highest BCUT2D eigenvalue weighted by Crippen LogP contribution is 2.52. The van der Waals surface area contributed by atoms with E-state index in [-0.39, 0.29) is 24.7 Å². The van der Waals surface area contributed by atoms with Crippen molar-refractivity contribution in [1.82, 2.24) is 0 Å². The molecule has 0 radical (unpaired) electrons. The van der Waals surface area contributed by atoms with Gasteiger partial charge in [-0.1, -0.05) is 28.1 Å². The number of hydrogen-bond donors (Lipinski definition) is 0. The summed E-state index contributed by atoms with van der Waals surface area (Å²) in [5.74, 6) is -1.77. The third-order valence-electron chi connectivity index (χ3n) is 4.48. The van der Waals surface area contributed by atoms with Crippen molar-refractivity contribution >= 4 is 39.3 Å². The lowest BCUT2D eigenvalue weighted by molar-refractivity contribution is -0.153. The molecule has 1 aliphatic heterocycles. The van der Waals surface area contributed by atoms with Crippen molar-refractivity contribution in [3.05, 3.63) is 40.4 Å². The summed E-state index contributed by atoms with van der Waals surface area (Å²) in [6.45, 7) is 1.91. The second kappa shape index (κ2) is 5.60. The van der Waals surface area contributed by atoms with Crippen molar-refractivity contribution in [1.29, 1.82) is 0 Å². The van der Waals surface area contributed by atoms with E-state index in [1.54, 1.807) is 20.0 Å². The number of nitrogens with zero attached hydrogens (tertiary/aromatic N) is 1. The van der Waals surface area contributed by atoms with E-state index in [1.807, 2.05) is 18.2 Å². The number of ether oxygens (including phenoxy) is 1. The van der Waals surface area contributed by atoms with Crippen LogP contribution in [0.5, 0.6) is 0 Å². The molecule has 120 valence electrons. The molecule has 1 aromatic carbocycles. The van der Waals surface area contributed by atoms with Crippen molar-refractivity contribution in [2.45, 2.75) is 18.8 Å². The maximum atomic E-state index is 13.1. The quantitative estimate of drug-likeness (QED) is 0.742. The van der Waals surface area contributed by atoms with Gasteiger partial charge in [-0.05, 0) is 25.1 Å². The molecule has 0 saturated carbocycles. The van der Waals surface area contributed by atoms with Gasteiger partial charge in [0.2, 0.25) is 5.91 Å². The number of ketones is 1. The first-order valence-electron chi connectivity index (χ1n) is 7.39. The van der Waals surface area contributed by atoms with Crippen LogP contribution in [0.1, 0.15) is 18.9 Å². The summed E-state index contributed by atoms with van der Waals surface area (Å²) < 4.78 is 5.88. The summed E-state index contributed by atoms with van der Waals surface area (Å²) in [6.07, 6.45) is 2.93. The number of likely N-dealkylation sites (N-methyl/N-ethyl adjacent to an activating group) is 1. The van der Waals surface area contributed by atoms with E-state index in [0.717, 1.165) is 10.2 Å². The minimum atomic E-state index is -1.19. The first kappa shape index (κ1) is 15.9. The second-order valence-electron chi connectivity index (χ2n) is 5.68. The van der Waals surface area contributed by atoms with Gasteiger partial charge in [-0.2, -0.15) is 0 Å². The molecule has 0 fully saturated rings. The van der Waals surface area contributed by atoms with Gasteiger partial charge in [0.05, 0.1) is 12.5 Å². The molecule has 2 aliphatic rings. The van der Waals surface area contributed by atoms with Gasteiger partial charge in [0, 0.05) is 29.2 Å². The molecule has 5 nitrogen and oxygen atoms in total. The zero-order valence-corrected chi connectivity index (χ0v) is 14.4. The van der Waals surface area contributed by atoms with Gasteiger partial charge in [0.25, 0.3) is 0 Å². The Labute approximate surface area is 142 Å². The smallest absolute Gasteiger partial charge is 0.311 e. The van der Waals surface area contributed by atoms with E-state index in [9.17, 15) is 14.4 Å². The Hall–Kier alpha value is -1.95. The Morgan fingerprint density at radius 3 is 2.87 bits per heavy atom. The fourth-order valence-electron chi connectivity index (χ4n) is 3.46. The second-order valence-corrected chi connectivity index (χ2v) is 6.53. The summed E-state index contributed by atoms with van der Waals surface area (Å²) >= 11 is 3.49. The number of allylic oxidation sites excluding steroid dienone is 1. The molecule has 0 N–H and O–H groups in total. The van der Waals surface area contributed by atoms with Gasteiger partial charge in [0.1, 0.15) is 5.41 Å². The molecule has 0 bridgehead atoms. The van der Waals surface area contributed by atoms with Crippen LogP contribution < -0.4 is 4.90 Å². The Balaban J connectivity index is 2.26. The van der Waals surface area contributed by atoms with Crippen molar-refractivity contribution in [3.8, 4) is 0 Å². The van der Waals surface area contributed by atoms with Crippen LogP contribution in [0.25, 0.3) is 0 Å². The molecule has 23 heavy (non-hydrogen) atoms. The molecular weight excluding hydrogens is 362 g/mol. The summed E-state index contributed by atoms with van der Waals surface area (Å²) in [5, 5.41) is 0. The minimum absolute atomic E-state index is 0.0321. The molecule has 2 atom stereocenters. The SMILES string of the molecule is CCOC(=O)C1CC(=O)C=C[C@]12C(=O)N(C)c1cccc(Br)c12. The normalized spacial score (nSPS) is 25.9. The number of anilines is 1. The van der Waals surface area contributed by atoms with Gasteiger partial charge < -0.3 is 9.64 Å². The fraction of sp³-hybridized carbons (Fsp3) is 0.353. The summed E-state index contributed by atoms with van der Waals surface area (Å²) in [6, 6.07) is 5.50. The number of hydrogen-bond acceptors (Lipinski definition) is 4. The van der Waals surface area contributed by atoms with E-state index in [1.165, 1.54) is 11.0 Å². The molecule has 1 aromatic rings. The molecule has 1 amide bonds. The third-order valence-corrected chi connectivity index (χ3v) is 5.14. The van der Waals surface area contributed by atoms with E-state index in [0.29, 0.717) is 5.56 Å².